The fraction of sp³-hybridized carbons (Fsp3) is 0.0526. The third-order valence-electron chi connectivity index (χ3n) is 3.12. The topological polar surface area (TPSA) is 52.3 Å². The molecule has 0 aliphatic carbocycles. The minimum Gasteiger partial charge on any atom is -0.465 e. The maximum atomic E-state index is 11.6. The molecule has 1 heterocycles. The first-order chi connectivity index (χ1) is 11.5. The predicted octanol–water partition coefficient (Wildman–Crippen LogP) is 5.16. The Morgan fingerprint density at radius 2 is 2.12 bits per heavy atom. The zero-order chi connectivity index (χ0) is 17.5. The molecule has 4 nitrogen and oxygen atoms in total. The second-order valence-electron chi connectivity index (χ2n) is 4.79. The fourth-order valence-electron chi connectivity index (χ4n) is 2.00. The minimum absolute atomic E-state index is 0.397. The van der Waals surface area contributed by atoms with Crippen LogP contribution in [0.25, 0.3) is 16.8 Å². The molecule has 0 amide bonds. The van der Waals surface area contributed by atoms with E-state index in [1.807, 2.05) is 18.2 Å². The molecule has 2 aromatic rings. The molecule has 0 atom stereocenters. The van der Waals surface area contributed by atoms with Crippen LogP contribution in [-0.4, -0.2) is 18.2 Å². The van der Waals surface area contributed by atoms with Crippen LogP contribution >= 0.6 is 15.9 Å². The van der Waals surface area contributed by atoms with Gasteiger partial charge in [0.2, 0.25) is 0 Å². The van der Waals surface area contributed by atoms with Gasteiger partial charge in [0.25, 0.3) is 0 Å². The number of rotatable bonds is 6. The van der Waals surface area contributed by atoms with E-state index in [9.17, 15) is 4.79 Å². The van der Waals surface area contributed by atoms with Crippen molar-refractivity contribution in [3.8, 4) is 11.3 Å². The van der Waals surface area contributed by atoms with Crippen LogP contribution in [0.15, 0.2) is 76.8 Å². The average molecular weight is 386 g/mol. The van der Waals surface area contributed by atoms with Gasteiger partial charge in [-0.05, 0) is 18.2 Å². The quantitative estimate of drug-likeness (QED) is 0.508. The zero-order valence-electron chi connectivity index (χ0n) is 13.2. The third kappa shape index (κ3) is 4.43. The number of halogens is 1. The van der Waals surface area contributed by atoms with Crippen molar-refractivity contribution in [2.45, 2.75) is 0 Å². The van der Waals surface area contributed by atoms with E-state index in [2.05, 4.69) is 34.2 Å². The normalized spacial score (nSPS) is 11.5. The summed E-state index contributed by atoms with van der Waals surface area (Å²) >= 11 is 3.27. The summed E-state index contributed by atoms with van der Waals surface area (Å²) in [6.45, 7) is 7.46. The molecule has 0 fully saturated rings. The molecule has 0 bridgehead atoms. The summed E-state index contributed by atoms with van der Waals surface area (Å²) in [5.74, 6) is 0.185. The lowest BCUT2D eigenvalue weighted by Crippen LogP contribution is -2.00. The number of hydrogen-bond donors (Lipinski definition) is 0. The van der Waals surface area contributed by atoms with Crippen molar-refractivity contribution in [2.24, 2.45) is 0 Å². The standard InChI is InChI=1S/C19H16BrNO3/c1-4-6-14(10-9-13(2)20)18-12-17(21-24-18)15-7-5-8-16(11-15)19(22)23-3/h4-12H,1-2H2,3H3/b10-9-,14-6+. The molecule has 0 unspecified atom stereocenters. The van der Waals surface area contributed by atoms with Crippen LogP contribution < -0.4 is 0 Å². The van der Waals surface area contributed by atoms with E-state index in [4.69, 9.17) is 9.26 Å². The first kappa shape index (κ1) is 17.7. The van der Waals surface area contributed by atoms with Gasteiger partial charge in [0.05, 0.1) is 12.7 Å². The number of benzene rings is 1. The van der Waals surface area contributed by atoms with Crippen LogP contribution in [0.2, 0.25) is 0 Å². The van der Waals surface area contributed by atoms with Crippen molar-refractivity contribution in [3.63, 3.8) is 0 Å². The number of carbonyl (C=O) groups excluding carboxylic acids is 1. The molecular weight excluding hydrogens is 370 g/mol. The second kappa shape index (κ2) is 8.26. The Kier molecular flexibility index (Phi) is 6.09. The van der Waals surface area contributed by atoms with E-state index in [-0.39, 0.29) is 0 Å². The van der Waals surface area contributed by atoms with Crippen molar-refractivity contribution < 1.29 is 14.1 Å². The van der Waals surface area contributed by atoms with Crippen LogP contribution in [0.4, 0.5) is 0 Å². The van der Waals surface area contributed by atoms with Gasteiger partial charge in [-0.15, -0.1) is 0 Å². The summed E-state index contributed by atoms with van der Waals surface area (Å²) in [6, 6.07) is 8.81. The Morgan fingerprint density at radius 3 is 2.79 bits per heavy atom. The lowest BCUT2D eigenvalue weighted by molar-refractivity contribution is 0.0601. The zero-order valence-corrected chi connectivity index (χ0v) is 14.7. The molecule has 0 aliphatic rings. The highest BCUT2D eigenvalue weighted by Gasteiger charge is 2.11. The van der Waals surface area contributed by atoms with Gasteiger partial charge in [-0.3, -0.25) is 0 Å². The SMILES string of the molecule is C=C/C=C(\C=C/C(=C)Br)c1cc(-c2cccc(C(=O)OC)c2)no1. The second-order valence-corrected chi connectivity index (χ2v) is 5.81. The molecule has 122 valence electrons. The van der Waals surface area contributed by atoms with Crippen molar-refractivity contribution in [2.75, 3.05) is 7.11 Å². The highest BCUT2D eigenvalue weighted by molar-refractivity contribution is 9.11. The van der Waals surface area contributed by atoms with Gasteiger partial charge in [-0.25, -0.2) is 4.79 Å². The van der Waals surface area contributed by atoms with Gasteiger partial charge >= 0.3 is 5.97 Å². The summed E-state index contributed by atoms with van der Waals surface area (Å²) in [4.78, 5) is 11.6. The minimum atomic E-state index is -0.397. The molecule has 0 N–H and O–H groups in total. The Balaban J connectivity index is 2.36. The van der Waals surface area contributed by atoms with Gasteiger partial charge < -0.3 is 9.26 Å². The van der Waals surface area contributed by atoms with E-state index >= 15 is 0 Å². The van der Waals surface area contributed by atoms with Crippen molar-refractivity contribution in [1.82, 2.24) is 5.16 Å². The van der Waals surface area contributed by atoms with E-state index in [0.717, 1.165) is 15.6 Å². The van der Waals surface area contributed by atoms with E-state index < -0.39 is 5.97 Å². The Bertz CT molecular complexity index is 831. The summed E-state index contributed by atoms with van der Waals surface area (Å²) in [7, 11) is 1.35. The van der Waals surface area contributed by atoms with Gasteiger partial charge in [-0.1, -0.05) is 64.6 Å². The van der Waals surface area contributed by atoms with Crippen LogP contribution in [-0.2, 0) is 4.74 Å². The summed E-state index contributed by atoms with van der Waals surface area (Å²) < 4.78 is 10.9. The number of allylic oxidation sites excluding steroid dienone is 6. The van der Waals surface area contributed by atoms with Crippen molar-refractivity contribution >= 4 is 27.5 Å². The number of ether oxygens (including phenoxy) is 1. The number of methoxy groups -OCH3 is 1. The lowest BCUT2D eigenvalue weighted by Gasteiger charge is -2.00. The molecular formula is C19H16BrNO3. The molecule has 0 radical (unpaired) electrons. The smallest absolute Gasteiger partial charge is 0.337 e. The fourth-order valence-corrected chi connectivity index (χ4v) is 2.13. The van der Waals surface area contributed by atoms with E-state index in [1.165, 1.54) is 7.11 Å². The van der Waals surface area contributed by atoms with Crippen LogP contribution in [0, 0.1) is 0 Å². The van der Waals surface area contributed by atoms with Crippen LogP contribution in [0.5, 0.6) is 0 Å². The van der Waals surface area contributed by atoms with Gasteiger partial charge in [0, 0.05) is 21.7 Å². The Morgan fingerprint density at radius 1 is 1.33 bits per heavy atom. The molecule has 2 rings (SSSR count). The van der Waals surface area contributed by atoms with Gasteiger partial charge in [-0.2, -0.15) is 0 Å². The molecule has 0 aliphatic heterocycles. The van der Waals surface area contributed by atoms with Gasteiger partial charge in [0.1, 0.15) is 5.69 Å². The monoisotopic (exact) mass is 385 g/mol. The molecule has 0 spiro atoms. The Labute approximate surface area is 148 Å². The highest BCUT2D eigenvalue weighted by atomic mass is 79.9. The first-order valence-electron chi connectivity index (χ1n) is 7.06. The Hall–Kier alpha value is -2.66. The lowest BCUT2D eigenvalue weighted by atomic mass is 10.1. The number of aromatic nitrogens is 1. The number of esters is 1. The summed E-state index contributed by atoms with van der Waals surface area (Å²) in [5.41, 5.74) is 2.64. The first-order valence-corrected chi connectivity index (χ1v) is 7.85. The van der Waals surface area contributed by atoms with Crippen molar-refractivity contribution in [3.05, 3.63) is 83.6 Å². The molecule has 5 heteroatoms. The number of hydrogen-bond acceptors (Lipinski definition) is 4. The molecule has 1 aromatic carbocycles. The average Bonchev–Trinajstić information content (AvgIpc) is 3.07. The molecule has 1 aromatic heterocycles. The summed E-state index contributed by atoms with van der Waals surface area (Å²) in [5, 5.41) is 4.07. The third-order valence-corrected chi connectivity index (χ3v) is 3.38. The molecule has 0 saturated carbocycles. The predicted molar refractivity (Wildman–Crippen MR) is 98.7 cm³/mol. The number of carbonyl (C=O) groups is 1. The van der Waals surface area contributed by atoms with Crippen LogP contribution in [0.3, 0.4) is 0 Å². The maximum absolute atomic E-state index is 11.6. The number of nitrogens with zero attached hydrogens (tertiary/aromatic N) is 1. The van der Waals surface area contributed by atoms with Crippen LogP contribution in [0.1, 0.15) is 16.1 Å². The largest absolute Gasteiger partial charge is 0.465 e. The van der Waals surface area contributed by atoms with Gasteiger partial charge in [0.15, 0.2) is 5.76 Å². The molecule has 24 heavy (non-hydrogen) atoms. The summed E-state index contributed by atoms with van der Waals surface area (Å²) in [6.07, 6.45) is 7.11. The van der Waals surface area contributed by atoms with E-state index in [1.54, 1.807) is 36.4 Å². The highest BCUT2D eigenvalue weighted by Crippen LogP contribution is 2.25. The maximum Gasteiger partial charge on any atom is 0.337 e. The molecule has 0 saturated heterocycles. The van der Waals surface area contributed by atoms with E-state index in [0.29, 0.717) is 17.0 Å². The van der Waals surface area contributed by atoms with Crippen molar-refractivity contribution in [1.29, 1.82) is 0 Å².